The Morgan fingerprint density at radius 2 is 1.86 bits per heavy atom. The molecule has 76 valence electrons. The normalized spacial score (nSPS) is 17.1. The summed E-state index contributed by atoms with van der Waals surface area (Å²) in [5.74, 6) is 0.598. The van der Waals surface area contributed by atoms with Gasteiger partial charge in [0.2, 0.25) is 0 Å². The van der Waals surface area contributed by atoms with Gasteiger partial charge in [-0.1, -0.05) is 32.9 Å². The van der Waals surface area contributed by atoms with Gasteiger partial charge in [0.15, 0.2) is 0 Å². The lowest BCUT2D eigenvalue weighted by Crippen LogP contribution is -2.13. The average molecular weight is 192 g/mol. The minimum absolute atomic E-state index is 0.0399. The van der Waals surface area contributed by atoms with Crippen LogP contribution in [0.3, 0.4) is 0 Å². The highest BCUT2D eigenvalue weighted by atomic mass is 19.1. The van der Waals surface area contributed by atoms with Crippen molar-refractivity contribution in [3.05, 3.63) is 35.1 Å². The van der Waals surface area contributed by atoms with E-state index < -0.39 is 0 Å². The van der Waals surface area contributed by atoms with Gasteiger partial charge in [0, 0.05) is 0 Å². The first-order valence-corrected chi connectivity index (χ1v) is 5.28. The molecule has 0 N–H and O–H groups in total. The van der Waals surface area contributed by atoms with Crippen molar-refractivity contribution in [3.63, 3.8) is 0 Å². The molecule has 14 heavy (non-hydrogen) atoms. The highest BCUT2D eigenvalue weighted by Crippen LogP contribution is 2.41. The molecule has 0 amide bonds. The maximum Gasteiger partial charge on any atom is 0.127 e. The van der Waals surface area contributed by atoms with Crippen LogP contribution >= 0.6 is 0 Å². The van der Waals surface area contributed by atoms with Crippen molar-refractivity contribution in [2.75, 3.05) is 0 Å². The highest BCUT2D eigenvalue weighted by Gasteiger charge is 2.25. The van der Waals surface area contributed by atoms with Crippen LogP contribution in [0.25, 0.3) is 0 Å². The van der Waals surface area contributed by atoms with Crippen LogP contribution in [0, 0.1) is 5.82 Å². The van der Waals surface area contributed by atoms with Crippen LogP contribution in [0.4, 0.5) is 4.39 Å². The van der Waals surface area contributed by atoms with Crippen molar-refractivity contribution in [3.8, 4) is 0 Å². The number of hydrogen-bond donors (Lipinski definition) is 0. The van der Waals surface area contributed by atoms with Crippen LogP contribution in [0.1, 0.15) is 50.7 Å². The summed E-state index contributed by atoms with van der Waals surface area (Å²) in [6.45, 7) is 6.13. The summed E-state index contributed by atoms with van der Waals surface area (Å²) in [4.78, 5) is 0. The highest BCUT2D eigenvalue weighted by molar-refractivity contribution is 5.32. The summed E-state index contributed by atoms with van der Waals surface area (Å²) in [7, 11) is 0. The van der Waals surface area contributed by atoms with Crippen molar-refractivity contribution >= 4 is 0 Å². The molecule has 0 unspecified atom stereocenters. The van der Waals surface area contributed by atoms with E-state index in [0.717, 1.165) is 5.56 Å². The lowest BCUT2D eigenvalue weighted by atomic mass is 9.86. The fraction of sp³-hybridized carbons (Fsp3) is 0.538. The molecule has 0 atom stereocenters. The summed E-state index contributed by atoms with van der Waals surface area (Å²) in [6, 6.07) is 5.75. The van der Waals surface area contributed by atoms with Crippen molar-refractivity contribution in [1.29, 1.82) is 0 Å². The molecule has 0 aromatic heterocycles. The van der Waals surface area contributed by atoms with Gasteiger partial charge in [0.05, 0.1) is 0 Å². The Kier molecular flexibility index (Phi) is 2.13. The topological polar surface area (TPSA) is 0 Å². The zero-order chi connectivity index (χ0) is 10.3. The van der Waals surface area contributed by atoms with Gasteiger partial charge in [0.1, 0.15) is 5.82 Å². The van der Waals surface area contributed by atoms with Gasteiger partial charge in [-0.15, -0.1) is 0 Å². The van der Waals surface area contributed by atoms with Crippen LogP contribution in [0.15, 0.2) is 18.2 Å². The van der Waals surface area contributed by atoms with Crippen molar-refractivity contribution in [2.45, 2.75) is 44.9 Å². The standard InChI is InChI=1S/C13H17F/c1-13(2,3)11-7-6-10(8-12(11)14)9-4-5-9/h6-9H,4-5H2,1-3H3. The average Bonchev–Trinajstić information content (AvgIpc) is 2.83. The molecule has 0 nitrogen and oxygen atoms in total. The van der Waals surface area contributed by atoms with Crippen LogP contribution < -0.4 is 0 Å². The first kappa shape index (κ1) is 9.70. The van der Waals surface area contributed by atoms with E-state index in [1.54, 1.807) is 6.07 Å². The SMILES string of the molecule is CC(C)(C)c1ccc(C2CC2)cc1F. The van der Waals surface area contributed by atoms with E-state index >= 15 is 0 Å². The molecule has 2 rings (SSSR count). The second-order valence-electron chi connectivity index (χ2n) is 5.26. The molecule has 0 aliphatic heterocycles. The molecule has 1 aromatic rings. The zero-order valence-corrected chi connectivity index (χ0v) is 9.10. The Morgan fingerprint density at radius 3 is 2.29 bits per heavy atom. The van der Waals surface area contributed by atoms with Gasteiger partial charge < -0.3 is 0 Å². The molecule has 1 heteroatoms. The van der Waals surface area contributed by atoms with Gasteiger partial charge in [-0.2, -0.15) is 0 Å². The summed E-state index contributed by atoms with van der Waals surface area (Å²) in [5.41, 5.74) is 1.91. The molecule has 0 saturated heterocycles. The molecule has 1 aromatic carbocycles. The van der Waals surface area contributed by atoms with Gasteiger partial charge >= 0.3 is 0 Å². The lowest BCUT2D eigenvalue weighted by Gasteiger charge is -2.20. The molecule has 1 aliphatic carbocycles. The minimum atomic E-state index is -0.0911. The Hall–Kier alpha value is -0.850. The Morgan fingerprint density at radius 1 is 1.21 bits per heavy atom. The summed E-state index contributed by atoms with van der Waals surface area (Å²) >= 11 is 0. The van der Waals surface area contributed by atoms with E-state index in [2.05, 4.69) is 6.07 Å². The lowest BCUT2D eigenvalue weighted by molar-refractivity contribution is 0.522. The van der Waals surface area contributed by atoms with Crippen LogP contribution in [-0.4, -0.2) is 0 Å². The quantitative estimate of drug-likeness (QED) is 0.631. The maximum atomic E-state index is 13.7. The minimum Gasteiger partial charge on any atom is -0.207 e. The van der Waals surface area contributed by atoms with E-state index in [9.17, 15) is 4.39 Å². The molecule has 0 radical (unpaired) electrons. The third-order valence-corrected chi connectivity index (χ3v) is 2.85. The number of hydrogen-bond acceptors (Lipinski definition) is 0. The van der Waals surface area contributed by atoms with Crippen molar-refractivity contribution < 1.29 is 4.39 Å². The zero-order valence-electron chi connectivity index (χ0n) is 9.10. The maximum absolute atomic E-state index is 13.7. The third-order valence-electron chi connectivity index (χ3n) is 2.85. The molecule has 0 spiro atoms. The number of benzene rings is 1. The first-order valence-electron chi connectivity index (χ1n) is 5.28. The van der Waals surface area contributed by atoms with Gasteiger partial charge in [-0.3, -0.25) is 0 Å². The Bertz CT molecular complexity index is 343. The van der Waals surface area contributed by atoms with E-state index in [1.807, 2.05) is 26.8 Å². The summed E-state index contributed by atoms with van der Waals surface area (Å²) in [6.07, 6.45) is 2.46. The molecule has 1 saturated carbocycles. The second kappa shape index (κ2) is 3.08. The fourth-order valence-corrected chi connectivity index (χ4v) is 1.81. The second-order valence-corrected chi connectivity index (χ2v) is 5.26. The van der Waals surface area contributed by atoms with Gasteiger partial charge in [0.25, 0.3) is 0 Å². The number of halogens is 1. The van der Waals surface area contributed by atoms with Gasteiger partial charge in [-0.05, 0) is 41.4 Å². The van der Waals surface area contributed by atoms with Crippen molar-refractivity contribution in [2.24, 2.45) is 0 Å². The molecule has 1 fully saturated rings. The molecule has 0 heterocycles. The van der Waals surface area contributed by atoms with Crippen LogP contribution in [0.5, 0.6) is 0 Å². The van der Waals surface area contributed by atoms with E-state index in [1.165, 1.54) is 18.4 Å². The van der Waals surface area contributed by atoms with E-state index in [4.69, 9.17) is 0 Å². The molecule has 1 aliphatic rings. The summed E-state index contributed by atoms with van der Waals surface area (Å²) < 4.78 is 13.7. The monoisotopic (exact) mass is 192 g/mol. The third kappa shape index (κ3) is 1.82. The largest absolute Gasteiger partial charge is 0.207 e. The Labute approximate surface area is 85.1 Å². The van der Waals surface area contributed by atoms with Crippen LogP contribution in [0.2, 0.25) is 0 Å². The predicted octanol–water partition coefficient (Wildman–Crippen LogP) is 4.00. The molecular formula is C13H17F. The first-order chi connectivity index (χ1) is 6.48. The molecular weight excluding hydrogens is 175 g/mol. The van der Waals surface area contributed by atoms with Gasteiger partial charge in [-0.25, -0.2) is 4.39 Å². The number of rotatable bonds is 1. The summed E-state index contributed by atoms with van der Waals surface area (Å²) in [5, 5.41) is 0. The van der Waals surface area contributed by atoms with Crippen molar-refractivity contribution in [1.82, 2.24) is 0 Å². The smallest absolute Gasteiger partial charge is 0.127 e. The fourth-order valence-electron chi connectivity index (χ4n) is 1.81. The van der Waals surface area contributed by atoms with Crippen LogP contribution in [-0.2, 0) is 5.41 Å². The Balaban J connectivity index is 2.35. The predicted molar refractivity (Wildman–Crippen MR) is 57.1 cm³/mol. The van der Waals surface area contributed by atoms with E-state index in [-0.39, 0.29) is 11.2 Å². The van der Waals surface area contributed by atoms with E-state index in [0.29, 0.717) is 5.92 Å². The molecule has 0 bridgehead atoms.